The average molecular weight is 331 g/mol. The lowest BCUT2D eigenvalue weighted by Gasteiger charge is -2.10. The van der Waals surface area contributed by atoms with Gasteiger partial charge in [-0.2, -0.15) is 0 Å². The summed E-state index contributed by atoms with van der Waals surface area (Å²) in [6.45, 7) is 7.02. The van der Waals surface area contributed by atoms with Crippen molar-refractivity contribution in [3.63, 3.8) is 0 Å². The van der Waals surface area contributed by atoms with Crippen LogP contribution >= 0.6 is 0 Å². The van der Waals surface area contributed by atoms with Gasteiger partial charge in [-0.1, -0.05) is 48.8 Å². The number of hydrogen-bond acceptors (Lipinski definition) is 4. The fourth-order valence-corrected chi connectivity index (χ4v) is 2.25. The van der Waals surface area contributed by atoms with Crippen molar-refractivity contribution in [1.29, 1.82) is 0 Å². The van der Waals surface area contributed by atoms with Crippen molar-refractivity contribution in [1.82, 2.24) is 10.6 Å². The summed E-state index contributed by atoms with van der Waals surface area (Å²) in [5.41, 5.74) is 2.90. The second kappa shape index (κ2) is 8.47. The minimum Gasteiger partial charge on any atom is -0.382 e. The molecule has 24 heavy (non-hydrogen) atoms. The van der Waals surface area contributed by atoms with E-state index in [4.69, 9.17) is 4.84 Å². The van der Waals surface area contributed by atoms with Gasteiger partial charge in [0.25, 0.3) is 5.91 Å². The summed E-state index contributed by atoms with van der Waals surface area (Å²) >= 11 is 0. The van der Waals surface area contributed by atoms with E-state index in [-0.39, 0.29) is 18.2 Å². The Hall–Kier alpha value is -2.37. The second-order valence-electron chi connectivity index (χ2n) is 6.44. The maximum absolute atomic E-state index is 12.1. The summed E-state index contributed by atoms with van der Waals surface area (Å²) in [5.74, 6) is 0.109. The predicted octanol–water partition coefficient (Wildman–Crippen LogP) is 1.77. The Balaban J connectivity index is 1.71. The Morgan fingerprint density at radius 3 is 2.62 bits per heavy atom. The summed E-state index contributed by atoms with van der Waals surface area (Å²) in [7, 11) is 0. The van der Waals surface area contributed by atoms with Crippen molar-refractivity contribution in [2.75, 3.05) is 13.1 Å². The molecule has 2 amide bonds. The van der Waals surface area contributed by atoms with Gasteiger partial charge in [-0.25, -0.2) is 0 Å². The van der Waals surface area contributed by atoms with Crippen LogP contribution in [0, 0.1) is 12.8 Å². The van der Waals surface area contributed by atoms with Crippen LogP contribution < -0.4 is 10.6 Å². The highest BCUT2D eigenvalue weighted by molar-refractivity contribution is 6.04. The van der Waals surface area contributed by atoms with E-state index < -0.39 is 6.10 Å². The first-order valence-corrected chi connectivity index (χ1v) is 8.30. The highest BCUT2D eigenvalue weighted by Gasteiger charge is 2.28. The molecule has 2 rings (SSSR count). The van der Waals surface area contributed by atoms with Crippen LogP contribution in [0.3, 0.4) is 0 Å². The van der Waals surface area contributed by atoms with E-state index in [0.717, 1.165) is 11.3 Å². The quantitative estimate of drug-likeness (QED) is 0.799. The van der Waals surface area contributed by atoms with Gasteiger partial charge < -0.3 is 15.5 Å². The summed E-state index contributed by atoms with van der Waals surface area (Å²) in [5, 5.41) is 9.55. The maximum atomic E-state index is 12.1. The molecule has 1 aromatic rings. The molecule has 1 aliphatic heterocycles. The number of oxime groups is 1. The first-order valence-electron chi connectivity index (χ1n) is 8.30. The van der Waals surface area contributed by atoms with Crippen LogP contribution in [0.1, 0.15) is 37.8 Å². The van der Waals surface area contributed by atoms with E-state index in [1.807, 2.05) is 45.0 Å². The van der Waals surface area contributed by atoms with E-state index in [2.05, 4.69) is 15.8 Å². The maximum Gasteiger partial charge on any atom is 0.264 e. The SMILES string of the molecule is Cc1ccc(C2=NO[C@H](C(=O)NCCC(=O)NCC(C)C)C2)cc1. The topological polar surface area (TPSA) is 79.8 Å². The highest BCUT2D eigenvalue weighted by atomic mass is 16.6. The molecule has 0 aromatic heterocycles. The van der Waals surface area contributed by atoms with Crippen molar-refractivity contribution >= 4 is 17.5 Å². The zero-order chi connectivity index (χ0) is 17.5. The van der Waals surface area contributed by atoms with Crippen LogP contribution in [0.15, 0.2) is 29.4 Å². The Morgan fingerprint density at radius 1 is 1.25 bits per heavy atom. The van der Waals surface area contributed by atoms with Gasteiger partial charge in [-0.05, 0) is 18.4 Å². The second-order valence-corrected chi connectivity index (χ2v) is 6.44. The zero-order valence-electron chi connectivity index (χ0n) is 14.5. The molecule has 0 saturated carbocycles. The van der Waals surface area contributed by atoms with Crippen molar-refractivity contribution < 1.29 is 14.4 Å². The van der Waals surface area contributed by atoms with Crippen LogP contribution in [-0.4, -0.2) is 36.7 Å². The number of aryl methyl sites for hydroxylation is 1. The molecule has 0 fully saturated rings. The van der Waals surface area contributed by atoms with E-state index in [0.29, 0.717) is 25.4 Å². The first kappa shape index (κ1) is 18.0. The van der Waals surface area contributed by atoms with Crippen LogP contribution in [0.5, 0.6) is 0 Å². The summed E-state index contributed by atoms with van der Waals surface area (Å²) < 4.78 is 0. The van der Waals surface area contributed by atoms with E-state index in [1.54, 1.807) is 0 Å². The van der Waals surface area contributed by atoms with Crippen LogP contribution in [0.4, 0.5) is 0 Å². The number of amides is 2. The fraction of sp³-hybridized carbons (Fsp3) is 0.500. The number of nitrogens with one attached hydrogen (secondary N) is 2. The third-order valence-corrected chi connectivity index (χ3v) is 3.70. The molecule has 0 bridgehead atoms. The molecular weight excluding hydrogens is 306 g/mol. The molecule has 6 heteroatoms. The molecule has 6 nitrogen and oxygen atoms in total. The van der Waals surface area contributed by atoms with Gasteiger partial charge in [0, 0.05) is 25.9 Å². The van der Waals surface area contributed by atoms with Crippen LogP contribution in [-0.2, 0) is 14.4 Å². The normalized spacial score (nSPS) is 16.5. The van der Waals surface area contributed by atoms with Gasteiger partial charge in [-0.15, -0.1) is 0 Å². The summed E-state index contributed by atoms with van der Waals surface area (Å²) in [6.07, 6.45) is 0.0747. The number of rotatable bonds is 7. The van der Waals surface area contributed by atoms with Crippen molar-refractivity contribution in [3.05, 3.63) is 35.4 Å². The Morgan fingerprint density at radius 2 is 1.96 bits per heavy atom. The van der Waals surface area contributed by atoms with E-state index in [9.17, 15) is 9.59 Å². The third-order valence-electron chi connectivity index (χ3n) is 3.70. The Kier molecular flexibility index (Phi) is 6.35. The smallest absolute Gasteiger partial charge is 0.264 e. The summed E-state index contributed by atoms with van der Waals surface area (Å²) in [4.78, 5) is 28.9. The molecule has 0 spiro atoms. The van der Waals surface area contributed by atoms with E-state index >= 15 is 0 Å². The lowest BCUT2D eigenvalue weighted by Crippen LogP contribution is -2.37. The Labute approximate surface area is 142 Å². The highest BCUT2D eigenvalue weighted by Crippen LogP contribution is 2.17. The molecule has 130 valence electrons. The summed E-state index contributed by atoms with van der Waals surface area (Å²) in [6, 6.07) is 7.94. The number of carbonyl (C=O) groups excluding carboxylic acids is 2. The van der Waals surface area contributed by atoms with Gasteiger partial charge in [0.05, 0.1) is 5.71 Å². The van der Waals surface area contributed by atoms with Crippen molar-refractivity contribution in [3.8, 4) is 0 Å². The molecule has 0 aliphatic carbocycles. The predicted molar refractivity (Wildman–Crippen MR) is 92.7 cm³/mol. The number of hydrogen-bond donors (Lipinski definition) is 2. The number of nitrogens with zero attached hydrogens (tertiary/aromatic N) is 1. The lowest BCUT2D eigenvalue weighted by molar-refractivity contribution is -0.131. The molecular formula is C18H25N3O3. The molecule has 1 aromatic carbocycles. The molecule has 1 atom stereocenters. The van der Waals surface area contributed by atoms with Gasteiger partial charge >= 0.3 is 0 Å². The molecule has 0 unspecified atom stereocenters. The molecule has 0 saturated heterocycles. The molecule has 0 radical (unpaired) electrons. The molecule has 1 aliphatic rings. The molecule has 2 N–H and O–H groups in total. The van der Waals surface area contributed by atoms with Gasteiger partial charge in [0.1, 0.15) is 0 Å². The van der Waals surface area contributed by atoms with Gasteiger partial charge in [-0.3, -0.25) is 9.59 Å². The number of carbonyl (C=O) groups is 2. The van der Waals surface area contributed by atoms with Crippen molar-refractivity contribution in [2.24, 2.45) is 11.1 Å². The number of benzene rings is 1. The average Bonchev–Trinajstić information content (AvgIpc) is 3.03. The molecule has 1 heterocycles. The van der Waals surface area contributed by atoms with Gasteiger partial charge in [0.15, 0.2) is 0 Å². The monoisotopic (exact) mass is 331 g/mol. The minimum absolute atomic E-state index is 0.0621. The standard InChI is InChI=1S/C18H25N3O3/c1-12(2)11-20-17(22)8-9-19-18(23)16-10-15(21-24-16)14-6-4-13(3)5-7-14/h4-7,12,16H,8-11H2,1-3H3,(H,19,23)(H,20,22)/t16-/m0/s1. The largest absolute Gasteiger partial charge is 0.382 e. The fourth-order valence-electron chi connectivity index (χ4n) is 2.25. The van der Waals surface area contributed by atoms with Crippen molar-refractivity contribution in [2.45, 2.75) is 39.7 Å². The zero-order valence-corrected chi connectivity index (χ0v) is 14.5. The Bertz CT molecular complexity index is 608. The van der Waals surface area contributed by atoms with Crippen LogP contribution in [0.25, 0.3) is 0 Å². The van der Waals surface area contributed by atoms with Crippen LogP contribution in [0.2, 0.25) is 0 Å². The third kappa shape index (κ3) is 5.37. The van der Waals surface area contributed by atoms with Gasteiger partial charge in [0.2, 0.25) is 12.0 Å². The van der Waals surface area contributed by atoms with E-state index in [1.165, 1.54) is 5.56 Å². The lowest BCUT2D eigenvalue weighted by atomic mass is 10.0. The first-order chi connectivity index (χ1) is 11.5. The minimum atomic E-state index is -0.625.